The van der Waals surface area contributed by atoms with Crippen molar-refractivity contribution in [1.82, 2.24) is 10.2 Å². The van der Waals surface area contributed by atoms with Crippen LogP contribution in [0.4, 0.5) is 0 Å². The minimum Gasteiger partial charge on any atom is -0.484 e. The van der Waals surface area contributed by atoms with Crippen LogP contribution >= 0.6 is 0 Å². The first-order valence-electron chi connectivity index (χ1n) is 9.64. The second-order valence-corrected chi connectivity index (χ2v) is 6.95. The lowest BCUT2D eigenvalue weighted by Crippen LogP contribution is -3.15. The van der Waals surface area contributed by atoms with Crippen LogP contribution in [-0.4, -0.2) is 76.3 Å². The number of carbonyl (C=O) groups excluding carboxylic acids is 2. The monoisotopic (exact) mass is 386 g/mol. The van der Waals surface area contributed by atoms with Crippen LogP contribution in [0.25, 0.3) is 10.8 Å². The Morgan fingerprint density at radius 3 is 2.61 bits per heavy atom. The summed E-state index contributed by atoms with van der Waals surface area (Å²) in [5.74, 6) is 0.701. The minimum atomic E-state index is -0.0169. The lowest BCUT2D eigenvalue weighted by molar-refractivity contribution is -0.896. The summed E-state index contributed by atoms with van der Waals surface area (Å²) in [6, 6.07) is 13.9. The largest absolute Gasteiger partial charge is 0.484 e. The molecule has 0 unspecified atom stereocenters. The van der Waals surface area contributed by atoms with Gasteiger partial charge in [-0.15, -0.1) is 0 Å². The number of methoxy groups -OCH3 is 1. The van der Waals surface area contributed by atoms with Crippen LogP contribution in [-0.2, 0) is 14.3 Å². The number of hydrogen-bond acceptors (Lipinski definition) is 4. The first-order chi connectivity index (χ1) is 13.7. The standard InChI is InChI=1S/C21H27N3O4/c1-27-13-8-22-20(25)15-23-9-11-24(12-10-23)21(26)16-28-19-7-6-17-4-2-3-5-18(17)14-19/h2-7,14H,8-13,15-16H2,1H3,(H,22,25)/p+1. The van der Waals surface area contributed by atoms with E-state index >= 15 is 0 Å². The summed E-state index contributed by atoms with van der Waals surface area (Å²) in [6.07, 6.45) is 0. The van der Waals surface area contributed by atoms with Gasteiger partial charge in [0.1, 0.15) is 5.75 Å². The highest BCUT2D eigenvalue weighted by molar-refractivity contribution is 5.84. The third-order valence-electron chi connectivity index (χ3n) is 4.95. The molecule has 150 valence electrons. The Hall–Kier alpha value is -2.64. The maximum atomic E-state index is 12.4. The third kappa shape index (κ3) is 5.68. The summed E-state index contributed by atoms with van der Waals surface area (Å²) in [7, 11) is 1.61. The average Bonchev–Trinajstić information content (AvgIpc) is 2.72. The van der Waals surface area contributed by atoms with Crippen LogP contribution in [0, 0.1) is 0 Å². The SMILES string of the molecule is COCCNC(=O)C[NH+]1CCN(C(=O)COc2ccc3ccccc3c2)CC1. The van der Waals surface area contributed by atoms with Crippen LogP contribution in [0.5, 0.6) is 5.75 Å². The molecule has 3 rings (SSSR count). The fourth-order valence-electron chi connectivity index (χ4n) is 3.32. The molecule has 1 fully saturated rings. The Balaban J connectivity index is 1.40. The predicted octanol–water partition coefficient (Wildman–Crippen LogP) is -0.292. The van der Waals surface area contributed by atoms with Gasteiger partial charge in [0.05, 0.1) is 32.8 Å². The van der Waals surface area contributed by atoms with E-state index in [-0.39, 0.29) is 18.4 Å². The number of amides is 2. The quantitative estimate of drug-likeness (QED) is 0.612. The lowest BCUT2D eigenvalue weighted by atomic mass is 10.1. The highest BCUT2D eigenvalue weighted by atomic mass is 16.5. The number of nitrogens with zero attached hydrogens (tertiary/aromatic N) is 1. The van der Waals surface area contributed by atoms with Gasteiger partial charge in [0, 0.05) is 13.7 Å². The van der Waals surface area contributed by atoms with Gasteiger partial charge in [-0.3, -0.25) is 9.59 Å². The van der Waals surface area contributed by atoms with E-state index in [1.54, 1.807) is 7.11 Å². The molecule has 1 aliphatic heterocycles. The molecule has 0 atom stereocenters. The van der Waals surface area contributed by atoms with Gasteiger partial charge in [0.15, 0.2) is 13.2 Å². The van der Waals surface area contributed by atoms with Gasteiger partial charge in [0.2, 0.25) is 0 Å². The van der Waals surface area contributed by atoms with E-state index in [2.05, 4.69) is 5.32 Å². The Kier molecular flexibility index (Phi) is 7.22. The van der Waals surface area contributed by atoms with Crippen molar-refractivity contribution in [2.24, 2.45) is 0 Å². The smallest absolute Gasteiger partial charge is 0.275 e. The van der Waals surface area contributed by atoms with Gasteiger partial charge in [0.25, 0.3) is 11.8 Å². The molecule has 7 heteroatoms. The van der Waals surface area contributed by atoms with E-state index in [1.165, 1.54) is 4.90 Å². The fraction of sp³-hybridized carbons (Fsp3) is 0.429. The summed E-state index contributed by atoms with van der Waals surface area (Å²) in [5, 5.41) is 5.07. The number of quaternary nitrogens is 1. The molecule has 1 saturated heterocycles. The summed E-state index contributed by atoms with van der Waals surface area (Å²) in [5.41, 5.74) is 0. The van der Waals surface area contributed by atoms with Crippen molar-refractivity contribution in [1.29, 1.82) is 0 Å². The molecule has 7 nitrogen and oxygen atoms in total. The van der Waals surface area contributed by atoms with Gasteiger partial charge in [-0.25, -0.2) is 0 Å². The average molecular weight is 386 g/mol. The van der Waals surface area contributed by atoms with Gasteiger partial charge >= 0.3 is 0 Å². The molecule has 1 heterocycles. The molecule has 2 aromatic carbocycles. The topological polar surface area (TPSA) is 72.3 Å². The zero-order valence-corrected chi connectivity index (χ0v) is 16.3. The Labute approximate surface area is 165 Å². The van der Waals surface area contributed by atoms with E-state index in [9.17, 15) is 9.59 Å². The van der Waals surface area contributed by atoms with Crippen LogP contribution in [0.1, 0.15) is 0 Å². The first kappa shape index (κ1) is 20.1. The zero-order chi connectivity index (χ0) is 19.8. The Morgan fingerprint density at radius 1 is 1.11 bits per heavy atom. The maximum absolute atomic E-state index is 12.4. The second kappa shape index (κ2) is 10.1. The van der Waals surface area contributed by atoms with E-state index < -0.39 is 0 Å². The first-order valence-corrected chi connectivity index (χ1v) is 9.64. The molecule has 0 saturated carbocycles. The Bertz CT molecular complexity index is 803. The van der Waals surface area contributed by atoms with Crippen LogP contribution in [0.2, 0.25) is 0 Å². The fourth-order valence-corrected chi connectivity index (χ4v) is 3.32. The normalized spacial score (nSPS) is 14.8. The zero-order valence-electron chi connectivity index (χ0n) is 16.3. The van der Waals surface area contributed by atoms with E-state index in [4.69, 9.17) is 9.47 Å². The minimum absolute atomic E-state index is 0.0169. The summed E-state index contributed by atoms with van der Waals surface area (Å²) in [6.45, 7) is 4.31. The molecule has 0 bridgehead atoms. The van der Waals surface area contributed by atoms with Crippen molar-refractivity contribution in [3.05, 3.63) is 42.5 Å². The molecule has 1 aliphatic rings. The third-order valence-corrected chi connectivity index (χ3v) is 4.95. The number of fused-ring (bicyclic) bond motifs is 1. The highest BCUT2D eigenvalue weighted by Crippen LogP contribution is 2.20. The number of carbonyl (C=O) groups is 2. The van der Waals surface area contributed by atoms with Crippen LogP contribution < -0.4 is 15.0 Å². The summed E-state index contributed by atoms with van der Waals surface area (Å²) < 4.78 is 10.6. The molecular formula is C21H28N3O4+. The van der Waals surface area contributed by atoms with Crippen molar-refractivity contribution < 1.29 is 24.0 Å². The lowest BCUT2D eigenvalue weighted by Gasteiger charge is -2.31. The molecule has 0 spiro atoms. The molecule has 28 heavy (non-hydrogen) atoms. The highest BCUT2D eigenvalue weighted by Gasteiger charge is 2.25. The number of rotatable bonds is 8. The molecular weight excluding hydrogens is 358 g/mol. The van der Waals surface area contributed by atoms with Gasteiger partial charge in [-0.1, -0.05) is 30.3 Å². The van der Waals surface area contributed by atoms with E-state index in [1.807, 2.05) is 47.4 Å². The summed E-state index contributed by atoms with van der Waals surface area (Å²) >= 11 is 0. The predicted molar refractivity (Wildman–Crippen MR) is 106 cm³/mol. The van der Waals surface area contributed by atoms with Crippen molar-refractivity contribution >= 4 is 22.6 Å². The van der Waals surface area contributed by atoms with Crippen molar-refractivity contribution in [3.8, 4) is 5.75 Å². The van der Waals surface area contributed by atoms with Gasteiger partial charge in [-0.2, -0.15) is 0 Å². The number of nitrogens with one attached hydrogen (secondary N) is 2. The van der Waals surface area contributed by atoms with Crippen molar-refractivity contribution in [2.45, 2.75) is 0 Å². The molecule has 2 aromatic rings. The summed E-state index contributed by atoms with van der Waals surface area (Å²) in [4.78, 5) is 27.3. The van der Waals surface area contributed by atoms with Crippen molar-refractivity contribution in [3.63, 3.8) is 0 Å². The van der Waals surface area contributed by atoms with Gasteiger partial charge < -0.3 is 24.6 Å². The number of hydrogen-bond donors (Lipinski definition) is 2. The number of piperazine rings is 1. The van der Waals surface area contributed by atoms with Crippen LogP contribution in [0.15, 0.2) is 42.5 Å². The molecule has 0 aliphatic carbocycles. The molecule has 0 radical (unpaired) electrons. The molecule has 2 N–H and O–H groups in total. The molecule has 2 amide bonds. The number of benzene rings is 2. The Morgan fingerprint density at radius 2 is 1.86 bits per heavy atom. The van der Waals surface area contributed by atoms with Crippen LogP contribution in [0.3, 0.4) is 0 Å². The molecule has 0 aromatic heterocycles. The van der Waals surface area contributed by atoms with E-state index in [0.29, 0.717) is 38.5 Å². The maximum Gasteiger partial charge on any atom is 0.275 e. The van der Waals surface area contributed by atoms with Gasteiger partial charge in [-0.05, 0) is 22.9 Å². The number of ether oxygens (including phenoxy) is 2. The van der Waals surface area contributed by atoms with Crippen molar-refractivity contribution in [2.75, 3.05) is 59.6 Å². The van der Waals surface area contributed by atoms with E-state index in [0.717, 1.165) is 23.9 Å². The second-order valence-electron chi connectivity index (χ2n) is 6.95.